The van der Waals surface area contributed by atoms with E-state index in [2.05, 4.69) is 9.97 Å². The molecule has 0 radical (unpaired) electrons. The number of halogens is 1. The van der Waals surface area contributed by atoms with Crippen molar-refractivity contribution in [2.75, 3.05) is 39.6 Å². The molecule has 3 rings (SSSR count). The van der Waals surface area contributed by atoms with Gasteiger partial charge in [0.15, 0.2) is 23.1 Å². The van der Waals surface area contributed by atoms with Crippen molar-refractivity contribution < 1.29 is 33.3 Å². The van der Waals surface area contributed by atoms with E-state index < -0.39 is 17.9 Å². The Hall–Kier alpha value is -3.63. The molecule has 3 N–H and O–H groups in total. The van der Waals surface area contributed by atoms with Crippen LogP contribution in [-0.4, -0.2) is 66.0 Å². The average molecular weight is 462 g/mol. The largest absolute Gasteiger partial charge is 0.493 e. The Bertz CT molecular complexity index is 1140. The van der Waals surface area contributed by atoms with Gasteiger partial charge in [-0.1, -0.05) is 20.8 Å². The average Bonchev–Trinajstić information content (AvgIpc) is 2.76. The minimum atomic E-state index is -1.17. The van der Waals surface area contributed by atoms with E-state index in [9.17, 15) is 14.7 Å². The van der Waals surface area contributed by atoms with E-state index in [0.717, 1.165) is 4.90 Å². The number of hydrogen-bond donors (Lipinski definition) is 2. The Balaban J connectivity index is 2.17. The molecule has 0 fully saturated rings. The number of esters is 1. The third kappa shape index (κ3) is 4.91. The molecule has 0 bridgehead atoms. The Kier molecular flexibility index (Phi) is 6.61. The highest BCUT2D eigenvalue weighted by atomic mass is 19.1. The van der Waals surface area contributed by atoms with Gasteiger partial charge in [-0.25, -0.2) is 23.9 Å². The van der Waals surface area contributed by atoms with Crippen LogP contribution in [0.3, 0.4) is 0 Å². The number of nitrogen functional groups attached to an aromatic ring is 1. The lowest BCUT2D eigenvalue weighted by Crippen LogP contribution is -2.38. The van der Waals surface area contributed by atoms with Crippen LogP contribution in [0, 0.1) is 11.2 Å². The van der Waals surface area contributed by atoms with Gasteiger partial charge in [-0.2, -0.15) is 0 Å². The quantitative estimate of drug-likeness (QED) is 0.642. The number of aromatic nitrogens is 2. The first-order valence-corrected chi connectivity index (χ1v) is 10.2. The van der Waals surface area contributed by atoms with Gasteiger partial charge in [-0.05, 0) is 17.9 Å². The Morgan fingerprint density at radius 2 is 1.94 bits per heavy atom. The van der Waals surface area contributed by atoms with Crippen LogP contribution in [0.4, 0.5) is 15.0 Å². The smallest absolute Gasteiger partial charge is 0.407 e. The summed E-state index contributed by atoms with van der Waals surface area (Å²) < 4.78 is 30.9. The number of nitrogens with zero attached hydrogens (tertiary/aromatic N) is 3. The zero-order chi connectivity index (χ0) is 24.5. The highest BCUT2D eigenvalue weighted by Gasteiger charge is 2.31. The molecule has 0 atom stereocenters. The van der Waals surface area contributed by atoms with E-state index in [0.29, 0.717) is 5.57 Å². The third-order valence-corrected chi connectivity index (χ3v) is 5.07. The summed E-state index contributed by atoms with van der Waals surface area (Å²) in [6, 6.07) is 1.47. The summed E-state index contributed by atoms with van der Waals surface area (Å²) in [6.07, 6.45) is -1.04. The fraction of sp³-hybridized carbons (Fsp3) is 0.455. The van der Waals surface area contributed by atoms with Crippen molar-refractivity contribution in [1.82, 2.24) is 14.9 Å². The molecule has 178 valence electrons. The molecular formula is C22H27FN4O6. The summed E-state index contributed by atoms with van der Waals surface area (Å²) in [6.45, 7) is 5.73. The van der Waals surface area contributed by atoms with Gasteiger partial charge in [0.25, 0.3) is 0 Å². The second-order valence-electron chi connectivity index (χ2n) is 8.80. The monoisotopic (exact) mass is 462 g/mol. The number of carbonyl (C=O) groups is 2. The fourth-order valence-electron chi connectivity index (χ4n) is 3.42. The number of hydrogen-bond acceptors (Lipinski definition) is 8. The molecule has 0 aliphatic carbocycles. The highest BCUT2D eigenvalue weighted by molar-refractivity contribution is 6.00. The zero-order valence-electron chi connectivity index (χ0n) is 19.2. The summed E-state index contributed by atoms with van der Waals surface area (Å²) in [5.41, 5.74) is 6.15. The third-order valence-electron chi connectivity index (χ3n) is 5.07. The molecule has 33 heavy (non-hydrogen) atoms. The number of methoxy groups -OCH3 is 2. The minimum absolute atomic E-state index is 0.0228. The molecule has 11 heteroatoms. The number of carboxylic acid groups (broad SMARTS) is 1. The Morgan fingerprint density at radius 3 is 2.52 bits per heavy atom. The van der Waals surface area contributed by atoms with Gasteiger partial charge < -0.3 is 30.0 Å². The number of carbonyl (C=O) groups excluding carboxylic acids is 1. The number of amides is 1. The van der Waals surface area contributed by atoms with Crippen molar-refractivity contribution in [2.45, 2.75) is 27.2 Å². The van der Waals surface area contributed by atoms with Crippen molar-refractivity contribution >= 4 is 34.4 Å². The molecule has 1 aliphatic rings. The first-order chi connectivity index (χ1) is 15.5. The maximum Gasteiger partial charge on any atom is 0.407 e. The second-order valence-corrected chi connectivity index (χ2v) is 8.80. The van der Waals surface area contributed by atoms with Crippen LogP contribution in [0.25, 0.3) is 16.5 Å². The van der Waals surface area contributed by atoms with Crippen molar-refractivity contribution in [3.63, 3.8) is 0 Å². The van der Waals surface area contributed by atoms with Crippen LogP contribution in [0.15, 0.2) is 11.6 Å². The number of anilines is 1. The van der Waals surface area contributed by atoms with E-state index in [4.69, 9.17) is 19.9 Å². The standard InChI is InChI=1S/C22H27FN4O6/c1-22(2,3)10-33-20(28)13-9-27(21(29)30)7-6-11(13)19-25-16-12(18(24)26-19)8-14(31-4)17(32-5)15(16)23/h8H,6-7,9-10H2,1-5H3,(H,29,30)(H2,24,25,26). The molecule has 1 aromatic carbocycles. The van der Waals surface area contributed by atoms with E-state index >= 15 is 4.39 Å². The molecule has 2 heterocycles. The number of rotatable bonds is 5. The van der Waals surface area contributed by atoms with Gasteiger partial charge in [0, 0.05) is 17.5 Å². The van der Waals surface area contributed by atoms with Crippen LogP contribution in [0.1, 0.15) is 33.0 Å². The predicted octanol–water partition coefficient (Wildman–Crippen LogP) is 3.09. The maximum atomic E-state index is 15.2. The maximum absolute atomic E-state index is 15.2. The van der Waals surface area contributed by atoms with Crippen LogP contribution in [-0.2, 0) is 9.53 Å². The summed E-state index contributed by atoms with van der Waals surface area (Å²) in [4.78, 5) is 34.1. The zero-order valence-corrected chi connectivity index (χ0v) is 19.2. The Morgan fingerprint density at radius 1 is 1.24 bits per heavy atom. The van der Waals surface area contributed by atoms with E-state index in [1.165, 1.54) is 20.3 Å². The molecule has 0 spiro atoms. The molecule has 10 nitrogen and oxygen atoms in total. The lowest BCUT2D eigenvalue weighted by molar-refractivity contribution is -0.141. The molecule has 1 amide bonds. The van der Waals surface area contributed by atoms with E-state index in [-0.39, 0.29) is 71.1 Å². The lowest BCUT2D eigenvalue weighted by Gasteiger charge is -2.28. The van der Waals surface area contributed by atoms with Crippen molar-refractivity contribution in [1.29, 1.82) is 0 Å². The van der Waals surface area contributed by atoms with Gasteiger partial charge in [-0.15, -0.1) is 0 Å². The van der Waals surface area contributed by atoms with Gasteiger partial charge in [0.2, 0.25) is 0 Å². The summed E-state index contributed by atoms with van der Waals surface area (Å²) in [5, 5.41) is 9.62. The van der Waals surface area contributed by atoms with Crippen LogP contribution in [0.2, 0.25) is 0 Å². The first kappa shape index (κ1) is 24.0. The van der Waals surface area contributed by atoms with E-state index in [1.54, 1.807) is 0 Å². The fourth-order valence-corrected chi connectivity index (χ4v) is 3.42. The van der Waals surface area contributed by atoms with Crippen LogP contribution < -0.4 is 15.2 Å². The molecule has 0 saturated heterocycles. The summed E-state index contributed by atoms with van der Waals surface area (Å²) >= 11 is 0. The number of nitrogens with two attached hydrogens (primary N) is 1. The van der Waals surface area contributed by atoms with Crippen molar-refractivity contribution in [2.24, 2.45) is 5.41 Å². The van der Waals surface area contributed by atoms with Gasteiger partial charge in [-0.3, -0.25) is 0 Å². The van der Waals surface area contributed by atoms with Crippen LogP contribution in [0.5, 0.6) is 11.5 Å². The molecule has 0 unspecified atom stereocenters. The van der Waals surface area contributed by atoms with Crippen LogP contribution >= 0.6 is 0 Å². The summed E-state index contributed by atoms with van der Waals surface area (Å²) in [7, 11) is 2.66. The van der Waals surface area contributed by atoms with E-state index in [1.807, 2.05) is 20.8 Å². The van der Waals surface area contributed by atoms with Gasteiger partial charge >= 0.3 is 12.1 Å². The highest BCUT2D eigenvalue weighted by Crippen LogP contribution is 2.38. The molecule has 1 aromatic heterocycles. The second kappa shape index (κ2) is 9.08. The predicted molar refractivity (Wildman–Crippen MR) is 119 cm³/mol. The molecule has 0 saturated carbocycles. The topological polar surface area (TPSA) is 137 Å². The molecule has 1 aliphatic heterocycles. The number of ether oxygens (including phenoxy) is 3. The molecule has 2 aromatic rings. The summed E-state index contributed by atoms with van der Waals surface area (Å²) in [5.74, 6) is -1.48. The molecular weight excluding hydrogens is 435 g/mol. The minimum Gasteiger partial charge on any atom is -0.493 e. The number of fused-ring (bicyclic) bond motifs is 1. The normalized spacial score (nSPS) is 14.4. The van der Waals surface area contributed by atoms with Gasteiger partial charge in [0.1, 0.15) is 11.3 Å². The van der Waals surface area contributed by atoms with Gasteiger partial charge in [0.05, 0.1) is 32.9 Å². The van der Waals surface area contributed by atoms with Crippen molar-refractivity contribution in [3.05, 3.63) is 23.3 Å². The number of benzene rings is 1. The first-order valence-electron chi connectivity index (χ1n) is 10.2. The SMILES string of the molecule is COc1cc2c(N)nc(C3=C(C(=O)OCC(C)(C)C)CN(C(=O)O)CC3)nc2c(F)c1OC. The van der Waals surface area contributed by atoms with Crippen molar-refractivity contribution in [3.8, 4) is 11.5 Å². The lowest BCUT2D eigenvalue weighted by atomic mass is 9.97. The Labute approximate surface area is 190 Å².